The van der Waals surface area contributed by atoms with Crippen LogP contribution in [0.3, 0.4) is 0 Å². The minimum atomic E-state index is -0.522. The highest BCUT2D eigenvalue weighted by Gasteiger charge is 2.01. The maximum Gasteiger partial charge on any atom is 0.322 e. The van der Waals surface area contributed by atoms with E-state index in [0.717, 1.165) is 4.90 Å². The SMILES string of the molecule is Cc1cccc(SNC(N)=O)c1C. The number of carbonyl (C=O) groups is 1. The molecule has 0 heterocycles. The third kappa shape index (κ3) is 2.66. The van der Waals surface area contributed by atoms with Gasteiger partial charge in [0.1, 0.15) is 0 Å². The number of amides is 2. The molecule has 0 aliphatic rings. The van der Waals surface area contributed by atoms with Crippen molar-refractivity contribution in [2.45, 2.75) is 18.7 Å². The van der Waals surface area contributed by atoms with Gasteiger partial charge >= 0.3 is 6.03 Å². The van der Waals surface area contributed by atoms with E-state index in [2.05, 4.69) is 4.72 Å². The topological polar surface area (TPSA) is 55.1 Å². The van der Waals surface area contributed by atoms with Crippen LogP contribution in [0.25, 0.3) is 0 Å². The minimum absolute atomic E-state index is 0.522. The first-order valence-corrected chi connectivity index (χ1v) is 4.71. The maximum atomic E-state index is 10.5. The van der Waals surface area contributed by atoms with Crippen LogP contribution in [0.1, 0.15) is 11.1 Å². The lowest BCUT2D eigenvalue weighted by atomic mass is 10.1. The zero-order valence-corrected chi connectivity index (χ0v) is 8.44. The van der Waals surface area contributed by atoms with Crippen LogP contribution < -0.4 is 10.5 Å². The second-order valence-corrected chi connectivity index (χ2v) is 3.61. The van der Waals surface area contributed by atoms with Crippen LogP contribution in [-0.2, 0) is 0 Å². The van der Waals surface area contributed by atoms with Gasteiger partial charge in [0.25, 0.3) is 0 Å². The van der Waals surface area contributed by atoms with E-state index in [-0.39, 0.29) is 0 Å². The number of benzene rings is 1. The molecule has 0 saturated heterocycles. The molecule has 0 saturated carbocycles. The Morgan fingerprint density at radius 3 is 2.77 bits per heavy atom. The van der Waals surface area contributed by atoms with E-state index in [0.29, 0.717) is 0 Å². The van der Waals surface area contributed by atoms with Crippen LogP contribution >= 0.6 is 11.9 Å². The van der Waals surface area contributed by atoms with E-state index in [1.807, 2.05) is 32.0 Å². The zero-order valence-electron chi connectivity index (χ0n) is 7.63. The van der Waals surface area contributed by atoms with Gasteiger partial charge in [0.05, 0.1) is 0 Å². The van der Waals surface area contributed by atoms with E-state index in [4.69, 9.17) is 5.73 Å². The zero-order chi connectivity index (χ0) is 9.84. The molecule has 0 fully saturated rings. The van der Waals surface area contributed by atoms with Crippen LogP contribution in [0, 0.1) is 13.8 Å². The smallest absolute Gasteiger partial charge is 0.322 e. The molecular formula is C9H12N2OS. The maximum absolute atomic E-state index is 10.5. The number of nitrogens with one attached hydrogen (secondary N) is 1. The molecule has 0 aliphatic heterocycles. The molecule has 0 unspecified atom stereocenters. The largest absolute Gasteiger partial charge is 0.351 e. The van der Waals surface area contributed by atoms with Crippen molar-refractivity contribution in [1.82, 2.24) is 4.72 Å². The average Bonchev–Trinajstić information content (AvgIpc) is 2.07. The van der Waals surface area contributed by atoms with Gasteiger partial charge in [-0.05, 0) is 43.0 Å². The summed E-state index contributed by atoms with van der Waals surface area (Å²) in [6.07, 6.45) is 0. The highest BCUT2D eigenvalue weighted by molar-refractivity contribution is 7.98. The molecule has 1 aromatic carbocycles. The van der Waals surface area contributed by atoms with Crippen molar-refractivity contribution in [3.05, 3.63) is 29.3 Å². The van der Waals surface area contributed by atoms with Crippen molar-refractivity contribution in [2.24, 2.45) is 5.73 Å². The molecule has 0 spiro atoms. The number of hydrogen-bond acceptors (Lipinski definition) is 2. The molecule has 4 heteroatoms. The van der Waals surface area contributed by atoms with Gasteiger partial charge in [-0.15, -0.1) is 0 Å². The Bertz CT molecular complexity index is 325. The van der Waals surface area contributed by atoms with E-state index < -0.39 is 6.03 Å². The van der Waals surface area contributed by atoms with Gasteiger partial charge in [0.15, 0.2) is 0 Å². The molecule has 3 N–H and O–H groups in total. The molecule has 1 rings (SSSR count). The quantitative estimate of drug-likeness (QED) is 0.711. The van der Waals surface area contributed by atoms with Gasteiger partial charge in [-0.2, -0.15) is 0 Å². The van der Waals surface area contributed by atoms with Crippen molar-refractivity contribution in [3.63, 3.8) is 0 Å². The molecule has 0 aromatic heterocycles. The Morgan fingerprint density at radius 2 is 2.15 bits per heavy atom. The van der Waals surface area contributed by atoms with Crippen LogP contribution in [0.5, 0.6) is 0 Å². The summed E-state index contributed by atoms with van der Waals surface area (Å²) in [6.45, 7) is 4.05. The predicted octanol–water partition coefficient (Wildman–Crippen LogP) is 1.98. The molecule has 0 atom stereocenters. The molecule has 0 aliphatic carbocycles. The molecule has 1 aromatic rings. The molecule has 70 valence electrons. The highest BCUT2D eigenvalue weighted by atomic mass is 32.2. The molecule has 0 radical (unpaired) electrons. The first-order chi connectivity index (χ1) is 6.11. The lowest BCUT2D eigenvalue weighted by molar-refractivity contribution is 0.254. The molecule has 3 nitrogen and oxygen atoms in total. The number of urea groups is 1. The number of primary amides is 1. The van der Waals surface area contributed by atoms with E-state index in [1.54, 1.807) is 0 Å². The first-order valence-electron chi connectivity index (χ1n) is 3.90. The fourth-order valence-electron chi connectivity index (χ4n) is 0.940. The third-order valence-electron chi connectivity index (χ3n) is 1.82. The summed E-state index contributed by atoms with van der Waals surface area (Å²) in [5.74, 6) is 0. The molecule has 2 amide bonds. The fourth-order valence-corrected chi connectivity index (χ4v) is 1.61. The molecule has 13 heavy (non-hydrogen) atoms. The summed E-state index contributed by atoms with van der Waals surface area (Å²) in [6, 6.07) is 5.41. The van der Waals surface area contributed by atoms with Crippen molar-refractivity contribution >= 4 is 18.0 Å². The monoisotopic (exact) mass is 196 g/mol. The molecular weight excluding hydrogens is 184 g/mol. The number of rotatable bonds is 2. The van der Waals surface area contributed by atoms with Crippen LogP contribution in [0.4, 0.5) is 4.79 Å². The van der Waals surface area contributed by atoms with Crippen molar-refractivity contribution in [2.75, 3.05) is 0 Å². The Kier molecular flexibility index (Phi) is 3.19. The summed E-state index contributed by atoms with van der Waals surface area (Å²) in [7, 11) is 0. The highest BCUT2D eigenvalue weighted by Crippen LogP contribution is 2.21. The minimum Gasteiger partial charge on any atom is -0.351 e. The normalized spacial score (nSPS) is 9.69. The second-order valence-electron chi connectivity index (χ2n) is 2.77. The van der Waals surface area contributed by atoms with E-state index in [9.17, 15) is 4.79 Å². The Morgan fingerprint density at radius 1 is 1.46 bits per heavy atom. The van der Waals surface area contributed by atoms with E-state index in [1.165, 1.54) is 23.1 Å². The lowest BCUT2D eigenvalue weighted by Gasteiger charge is -2.06. The van der Waals surface area contributed by atoms with Crippen LogP contribution in [-0.4, -0.2) is 6.03 Å². The predicted molar refractivity (Wildman–Crippen MR) is 54.5 cm³/mol. The van der Waals surface area contributed by atoms with Gasteiger partial charge in [0, 0.05) is 4.90 Å². The fraction of sp³-hybridized carbons (Fsp3) is 0.222. The van der Waals surface area contributed by atoms with Crippen molar-refractivity contribution < 1.29 is 4.79 Å². The van der Waals surface area contributed by atoms with Gasteiger partial charge in [-0.3, -0.25) is 4.72 Å². The van der Waals surface area contributed by atoms with Crippen LogP contribution in [0.2, 0.25) is 0 Å². The van der Waals surface area contributed by atoms with Gasteiger partial charge in [-0.25, -0.2) is 4.79 Å². The molecule has 0 bridgehead atoms. The number of nitrogens with two attached hydrogens (primary N) is 1. The second kappa shape index (κ2) is 4.18. The van der Waals surface area contributed by atoms with Crippen molar-refractivity contribution in [1.29, 1.82) is 0 Å². The summed E-state index contributed by atoms with van der Waals surface area (Å²) in [5.41, 5.74) is 7.33. The van der Waals surface area contributed by atoms with Gasteiger partial charge in [-0.1, -0.05) is 12.1 Å². The van der Waals surface area contributed by atoms with Crippen LogP contribution in [0.15, 0.2) is 23.1 Å². The summed E-state index contributed by atoms with van der Waals surface area (Å²) in [4.78, 5) is 11.5. The van der Waals surface area contributed by atoms with E-state index >= 15 is 0 Å². The summed E-state index contributed by atoms with van der Waals surface area (Å²) in [5, 5.41) is 0. The number of hydrogen-bond donors (Lipinski definition) is 2. The van der Waals surface area contributed by atoms with Gasteiger partial charge in [0.2, 0.25) is 0 Å². The summed E-state index contributed by atoms with van der Waals surface area (Å²) >= 11 is 1.24. The van der Waals surface area contributed by atoms with Gasteiger partial charge < -0.3 is 5.73 Å². The Hall–Kier alpha value is -1.16. The van der Waals surface area contributed by atoms with Crippen molar-refractivity contribution in [3.8, 4) is 0 Å². The summed E-state index contributed by atoms with van der Waals surface area (Å²) < 4.78 is 2.49. The lowest BCUT2D eigenvalue weighted by Crippen LogP contribution is -2.22. The average molecular weight is 196 g/mol. The standard InChI is InChI=1S/C9H12N2OS/c1-6-4-3-5-8(7(6)2)13-11-9(10)12/h3-5H,1-2H3,(H3,10,11,12). The Balaban J connectivity index is 2.77. The third-order valence-corrected chi connectivity index (χ3v) is 2.78. The first kappa shape index (κ1) is 9.92. The number of aryl methyl sites for hydroxylation is 1. The Labute approximate surface area is 81.8 Å². The number of carbonyl (C=O) groups excluding carboxylic acids is 1.